The van der Waals surface area contributed by atoms with Gasteiger partial charge in [0.1, 0.15) is 6.04 Å². The van der Waals surface area contributed by atoms with Gasteiger partial charge in [-0.15, -0.1) is 0 Å². The van der Waals surface area contributed by atoms with Gasteiger partial charge in [0.15, 0.2) is 0 Å². The molecule has 0 aromatic heterocycles. The number of nitrogens with one attached hydrogen (secondary N) is 2. The number of hydrogen-bond acceptors (Lipinski definition) is 3. The van der Waals surface area contributed by atoms with Crippen LogP contribution in [-0.4, -0.2) is 29.9 Å². The fourth-order valence-electron chi connectivity index (χ4n) is 2.78. The largest absolute Gasteiger partial charge is 0.348 e. The van der Waals surface area contributed by atoms with Crippen LogP contribution in [0, 0.1) is 13.8 Å². The van der Waals surface area contributed by atoms with Gasteiger partial charge in [-0.25, -0.2) is 0 Å². The van der Waals surface area contributed by atoms with E-state index in [1.165, 1.54) is 5.56 Å². The second kappa shape index (κ2) is 10.2. The highest BCUT2D eigenvalue weighted by atomic mass is 32.2. The van der Waals surface area contributed by atoms with Crippen molar-refractivity contribution >= 4 is 23.6 Å². The highest BCUT2D eigenvalue weighted by Gasteiger charge is 2.22. The number of aryl methyl sites for hydroxylation is 2. The number of carbonyl (C=O) groups excluding carboxylic acids is 2. The van der Waals surface area contributed by atoms with Crippen LogP contribution in [0.5, 0.6) is 0 Å². The number of benzene rings is 2. The quantitative estimate of drug-likeness (QED) is 0.722. The monoisotopic (exact) mass is 384 g/mol. The summed E-state index contributed by atoms with van der Waals surface area (Å²) in [6, 6.07) is 14.8. The van der Waals surface area contributed by atoms with E-state index in [0.717, 1.165) is 16.9 Å². The molecule has 0 saturated heterocycles. The molecule has 0 aliphatic heterocycles. The van der Waals surface area contributed by atoms with E-state index in [1.807, 2.05) is 69.5 Å². The number of rotatable bonds is 8. The molecule has 2 unspecified atom stereocenters. The molecular formula is C22H28N2O2S. The maximum Gasteiger partial charge on any atom is 0.251 e. The minimum atomic E-state index is -0.557. The number of hydrogen-bond donors (Lipinski definition) is 2. The molecule has 2 atom stereocenters. The second-order valence-electron chi connectivity index (χ2n) is 6.82. The van der Waals surface area contributed by atoms with Gasteiger partial charge in [-0.3, -0.25) is 9.59 Å². The zero-order valence-corrected chi connectivity index (χ0v) is 17.2. The Morgan fingerprint density at radius 2 is 1.70 bits per heavy atom. The van der Waals surface area contributed by atoms with E-state index >= 15 is 0 Å². The molecule has 0 spiro atoms. The van der Waals surface area contributed by atoms with Gasteiger partial charge in [0.2, 0.25) is 5.91 Å². The molecule has 0 fully saturated rings. The lowest BCUT2D eigenvalue weighted by Crippen LogP contribution is -2.47. The van der Waals surface area contributed by atoms with Crippen LogP contribution in [0.15, 0.2) is 48.5 Å². The maximum absolute atomic E-state index is 12.8. The SMILES string of the molecule is CSCCC(NC(=O)c1cccc(C)c1)C(=O)NC(C)c1ccc(C)cc1. The summed E-state index contributed by atoms with van der Waals surface area (Å²) in [4.78, 5) is 25.4. The molecule has 0 heterocycles. The molecule has 144 valence electrons. The minimum Gasteiger partial charge on any atom is -0.348 e. The van der Waals surface area contributed by atoms with E-state index in [0.29, 0.717) is 12.0 Å². The van der Waals surface area contributed by atoms with Crippen molar-refractivity contribution < 1.29 is 9.59 Å². The summed E-state index contributed by atoms with van der Waals surface area (Å²) in [6.45, 7) is 5.93. The molecule has 27 heavy (non-hydrogen) atoms. The summed E-state index contributed by atoms with van der Waals surface area (Å²) in [5.74, 6) is 0.423. The second-order valence-corrected chi connectivity index (χ2v) is 7.80. The van der Waals surface area contributed by atoms with E-state index in [9.17, 15) is 9.59 Å². The van der Waals surface area contributed by atoms with Crippen LogP contribution in [0.4, 0.5) is 0 Å². The molecule has 2 rings (SSSR count). The van der Waals surface area contributed by atoms with Crippen molar-refractivity contribution in [2.75, 3.05) is 12.0 Å². The zero-order valence-electron chi connectivity index (χ0n) is 16.4. The van der Waals surface area contributed by atoms with Gasteiger partial charge in [-0.2, -0.15) is 11.8 Å². The summed E-state index contributed by atoms with van der Waals surface area (Å²) in [7, 11) is 0. The Morgan fingerprint density at radius 1 is 1.00 bits per heavy atom. The summed E-state index contributed by atoms with van der Waals surface area (Å²) in [6.07, 6.45) is 2.58. The lowest BCUT2D eigenvalue weighted by atomic mass is 10.1. The van der Waals surface area contributed by atoms with Crippen LogP contribution in [0.3, 0.4) is 0 Å². The molecule has 0 aliphatic carbocycles. The van der Waals surface area contributed by atoms with Crippen LogP contribution in [0.2, 0.25) is 0 Å². The summed E-state index contributed by atoms with van der Waals surface area (Å²) >= 11 is 1.66. The molecule has 4 nitrogen and oxygen atoms in total. The Morgan fingerprint density at radius 3 is 2.33 bits per heavy atom. The van der Waals surface area contributed by atoms with Crippen LogP contribution >= 0.6 is 11.8 Å². The smallest absolute Gasteiger partial charge is 0.251 e. The Kier molecular flexibility index (Phi) is 7.92. The fraction of sp³-hybridized carbons (Fsp3) is 0.364. The standard InChI is InChI=1S/C22H28N2O2S/c1-15-8-10-18(11-9-15)17(3)23-22(26)20(12-13-27-4)24-21(25)19-7-5-6-16(2)14-19/h5-11,14,17,20H,12-13H2,1-4H3,(H,23,26)(H,24,25). The Labute approximate surface area is 166 Å². The summed E-state index contributed by atoms with van der Waals surface area (Å²) in [5.41, 5.74) is 3.81. The first kappa shape index (κ1) is 21.0. The fourth-order valence-corrected chi connectivity index (χ4v) is 3.26. The minimum absolute atomic E-state index is 0.120. The van der Waals surface area contributed by atoms with Gasteiger partial charge in [-0.05, 0) is 56.9 Å². The van der Waals surface area contributed by atoms with Crippen molar-refractivity contribution in [3.63, 3.8) is 0 Å². The molecule has 0 aliphatic rings. The topological polar surface area (TPSA) is 58.2 Å². The number of amides is 2. The number of thioether (sulfide) groups is 1. The van der Waals surface area contributed by atoms with Crippen LogP contribution in [-0.2, 0) is 4.79 Å². The average molecular weight is 385 g/mol. The van der Waals surface area contributed by atoms with Gasteiger partial charge in [-0.1, -0.05) is 47.5 Å². The third-order valence-corrected chi connectivity index (χ3v) is 5.09. The van der Waals surface area contributed by atoms with Gasteiger partial charge in [0.05, 0.1) is 6.04 Å². The lowest BCUT2D eigenvalue weighted by molar-refractivity contribution is -0.123. The lowest BCUT2D eigenvalue weighted by Gasteiger charge is -2.22. The third kappa shape index (κ3) is 6.43. The van der Waals surface area contributed by atoms with Crippen molar-refractivity contribution in [1.29, 1.82) is 0 Å². The van der Waals surface area contributed by atoms with Gasteiger partial charge >= 0.3 is 0 Å². The van der Waals surface area contributed by atoms with Crippen LogP contribution < -0.4 is 10.6 Å². The molecular weight excluding hydrogens is 356 g/mol. The van der Waals surface area contributed by atoms with E-state index in [1.54, 1.807) is 17.8 Å². The molecule has 5 heteroatoms. The maximum atomic E-state index is 12.8. The normalized spacial score (nSPS) is 12.9. The predicted molar refractivity (Wildman–Crippen MR) is 113 cm³/mol. The molecule has 0 radical (unpaired) electrons. The van der Waals surface area contributed by atoms with Crippen LogP contribution in [0.25, 0.3) is 0 Å². The first-order valence-corrected chi connectivity index (χ1v) is 10.5. The van der Waals surface area contributed by atoms with Gasteiger partial charge in [0, 0.05) is 5.56 Å². The molecule has 2 amide bonds. The molecule has 2 aromatic carbocycles. The Balaban J connectivity index is 2.06. The van der Waals surface area contributed by atoms with Gasteiger partial charge in [0.25, 0.3) is 5.91 Å². The third-order valence-electron chi connectivity index (χ3n) is 4.45. The van der Waals surface area contributed by atoms with E-state index < -0.39 is 6.04 Å². The van der Waals surface area contributed by atoms with Crippen molar-refractivity contribution in [2.45, 2.75) is 39.3 Å². The highest BCUT2D eigenvalue weighted by Crippen LogP contribution is 2.14. The average Bonchev–Trinajstić information content (AvgIpc) is 2.65. The van der Waals surface area contributed by atoms with E-state index in [4.69, 9.17) is 0 Å². The van der Waals surface area contributed by atoms with E-state index in [2.05, 4.69) is 10.6 Å². The molecule has 2 N–H and O–H groups in total. The van der Waals surface area contributed by atoms with Gasteiger partial charge < -0.3 is 10.6 Å². The van der Waals surface area contributed by atoms with Crippen molar-refractivity contribution in [1.82, 2.24) is 10.6 Å². The first-order valence-electron chi connectivity index (χ1n) is 9.14. The van der Waals surface area contributed by atoms with E-state index in [-0.39, 0.29) is 17.9 Å². The van der Waals surface area contributed by atoms with Crippen molar-refractivity contribution in [3.05, 3.63) is 70.8 Å². The first-order chi connectivity index (χ1) is 12.9. The molecule has 0 bridgehead atoms. The number of carbonyl (C=O) groups is 2. The molecule has 2 aromatic rings. The summed E-state index contributed by atoms with van der Waals surface area (Å²) < 4.78 is 0. The predicted octanol–water partition coefficient (Wildman–Crippen LogP) is 4.03. The molecule has 0 saturated carbocycles. The van der Waals surface area contributed by atoms with Crippen LogP contribution in [0.1, 0.15) is 46.4 Å². The van der Waals surface area contributed by atoms with Crippen molar-refractivity contribution in [3.8, 4) is 0 Å². The Hall–Kier alpha value is -2.27. The van der Waals surface area contributed by atoms with Crippen molar-refractivity contribution in [2.24, 2.45) is 0 Å². The highest BCUT2D eigenvalue weighted by molar-refractivity contribution is 7.98. The Bertz CT molecular complexity index is 774. The zero-order chi connectivity index (χ0) is 19.8. The summed E-state index contributed by atoms with van der Waals surface area (Å²) in [5, 5.41) is 5.93.